The van der Waals surface area contributed by atoms with E-state index < -0.39 is 0 Å². The highest BCUT2D eigenvalue weighted by Gasteiger charge is 2.28. The molecular weight excluding hydrogens is 342 g/mol. The highest BCUT2D eigenvalue weighted by molar-refractivity contribution is 6.33. The monoisotopic (exact) mass is 357 g/mol. The Morgan fingerprint density at radius 2 is 2.08 bits per heavy atom. The Labute approximate surface area is 148 Å². The molecule has 0 amide bonds. The average Bonchev–Trinajstić information content (AvgIpc) is 3.28. The zero-order valence-corrected chi connectivity index (χ0v) is 14.3. The Hall–Kier alpha value is -2.24. The lowest BCUT2D eigenvalue weighted by molar-refractivity contribution is 0.0827. The molecule has 0 fully saturated rings. The Balaban J connectivity index is 1.64. The lowest BCUT2D eigenvalue weighted by Crippen LogP contribution is -2.31. The van der Waals surface area contributed by atoms with Gasteiger partial charge >= 0.3 is 5.63 Å². The van der Waals surface area contributed by atoms with Gasteiger partial charge < -0.3 is 13.6 Å². The van der Waals surface area contributed by atoms with E-state index in [1.54, 1.807) is 6.26 Å². The molecule has 0 bridgehead atoms. The molecule has 0 saturated heterocycles. The van der Waals surface area contributed by atoms with E-state index in [1.807, 2.05) is 18.2 Å². The molecule has 3 aromatic rings. The number of ether oxygens (including phenoxy) is 1. The van der Waals surface area contributed by atoms with Gasteiger partial charge in [-0.3, -0.25) is 4.90 Å². The second kappa shape index (κ2) is 5.64. The van der Waals surface area contributed by atoms with Crippen LogP contribution in [-0.4, -0.2) is 11.6 Å². The topological polar surface area (TPSA) is 55.8 Å². The van der Waals surface area contributed by atoms with E-state index in [0.29, 0.717) is 36.2 Å². The fourth-order valence-electron chi connectivity index (χ4n) is 3.88. The van der Waals surface area contributed by atoms with Crippen molar-refractivity contribution in [2.75, 3.05) is 6.73 Å². The summed E-state index contributed by atoms with van der Waals surface area (Å²) in [5.41, 5.74) is 3.10. The number of rotatable bonds is 2. The van der Waals surface area contributed by atoms with Gasteiger partial charge in [-0.1, -0.05) is 11.6 Å². The van der Waals surface area contributed by atoms with Crippen LogP contribution in [0.4, 0.5) is 0 Å². The largest absolute Gasteiger partial charge is 0.476 e. The van der Waals surface area contributed by atoms with Crippen molar-refractivity contribution in [3.05, 3.63) is 62.4 Å². The minimum Gasteiger partial charge on any atom is -0.476 e. The smallest absolute Gasteiger partial charge is 0.339 e. The van der Waals surface area contributed by atoms with E-state index in [9.17, 15) is 4.79 Å². The molecule has 0 spiro atoms. The molecule has 1 aliphatic heterocycles. The molecule has 0 N–H and O–H groups in total. The van der Waals surface area contributed by atoms with Crippen LogP contribution in [0, 0.1) is 0 Å². The van der Waals surface area contributed by atoms with Crippen LogP contribution in [-0.2, 0) is 25.9 Å². The van der Waals surface area contributed by atoms with E-state index >= 15 is 0 Å². The van der Waals surface area contributed by atoms with Gasteiger partial charge in [-0.25, -0.2) is 4.79 Å². The number of fused-ring (bicyclic) bond motifs is 5. The molecule has 0 atom stereocenters. The van der Waals surface area contributed by atoms with Gasteiger partial charge in [0.1, 0.15) is 23.8 Å². The van der Waals surface area contributed by atoms with E-state index in [-0.39, 0.29) is 5.63 Å². The third-order valence-corrected chi connectivity index (χ3v) is 5.28. The highest BCUT2D eigenvalue weighted by atomic mass is 35.5. The van der Waals surface area contributed by atoms with E-state index in [4.69, 9.17) is 25.2 Å². The summed E-state index contributed by atoms with van der Waals surface area (Å²) in [5, 5.41) is 1.52. The maximum atomic E-state index is 12.4. The summed E-state index contributed by atoms with van der Waals surface area (Å²) in [6.07, 6.45) is 4.31. The van der Waals surface area contributed by atoms with Crippen molar-refractivity contribution in [1.29, 1.82) is 0 Å². The van der Waals surface area contributed by atoms with Crippen molar-refractivity contribution >= 4 is 22.6 Å². The van der Waals surface area contributed by atoms with E-state index in [2.05, 4.69) is 4.90 Å². The highest BCUT2D eigenvalue weighted by Crippen LogP contribution is 2.41. The molecule has 6 heteroatoms. The van der Waals surface area contributed by atoms with Crippen molar-refractivity contribution in [2.24, 2.45) is 0 Å². The third kappa shape index (κ3) is 2.38. The predicted octanol–water partition coefficient (Wildman–Crippen LogP) is 3.88. The number of aryl methyl sites for hydroxylation is 1. The average molecular weight is 358 g/mol. The first kappa shape index (κ1) is 15.0. The Kier molecular flexibility index (Phi) is 3.40. The second-order valence-corrected chi connectivity index (χ2v) is 6.99. The number of furan rings is 1. The van der Waals surface area contributed by atoms with Gasteiger partial charge in [-0.2, -0.15) is 0 Å². The van der Waals surface area contributed by atoms with Gasteiger partial charge in [-0.15, -0.1) is 0 Å². The molecule has 128 valence electrons. The second-order valence-electron chi connectivity index (χ2n) is 6.58. The van der Waals surface area contributed by atoms with Crippen LogP contribution in [0.5, 0.6) is 5.75 Å². The number of hydrogen-bond acceptors (Lipinski definition) is 5. The molecule has 0 unspecified atom stereocenters. The van der Waals surface area contributed by atoms with Gasteiger partial charge in [0.2, 0.25) is 0 Å². The maximum Gasteiger partial charge on any atom is 0.339 e. The maximum absolute atomic E-state index is 12.4. The van der Waals surface area contributed by atoms with Crippen molar-refractivity contribution in [1.82, 2.24) is 4.90 Å². The minimum atomic E-state index is -0.229. The zero-order valence-electron chi connectivity index (χ0n) is 13.5. The summed E-state index contributed by atoms with van der Waals surface area (Å²) in [5.74, 6) is 1.48. The van der Waals surface area contributed by atoms with Gasteiger partial charge in [0.25, 0.3) is 0 Å². The van der Waals surface area contributed by atoms with Crippen LogP contribution >= 0.6 is 11.6 Å². The minimum absolute atomic E-state index is 0.229. The van der Waals surface area contributed by atoms with Gasteiger partial charge in [0.05, 0.1) is 23.4 Å². The SMILES string of the molecule is O=c1oc2c3c(c(Cl)cc2c2c1CCC2)OCN(Cc1ccco1)C3. The lowest BCUT2D eigenvalue weighted by atomic mass is 10.0. The van der Waals surface area contributed by atoms with Gasteiger partial charge in [0.15, 0.2) is 0 Å². The molecule has 25 heavy (non-hydrogen) atoms. The molecule has 3 heterocycles. The first-order valence-corrected chi connectivity index (χ1v) is 8.76. The normalized spacial score (nSPS) is 16.7. The number of benzene rings is 1. The van der Waals surface area contributed by atoms with Crippen LogP contribution in [0.15, 0.2) is 38.1 Å². The summed E-state index contributed by atoms with van der Waals surface area (Å²) >= 11 is 6.47. The van der Waals surface area contributed by atoms with Crippen molar-refractivity contribution in [2.45, 2.75) is 32.4 Å². The number of halogens is 1. The van der Waals surface area contributed by atoms with Crippen LogP contribution in [0.2, 0.25) is 5.02 Å². The van der Waals surface area contributed by atoms with Gasteiger partial charge in [0, 0.05) is 17.5 Å². The number of hydrogen-bond donors (Lipinski definition) is 0. The predicted molar refractivity (Wildman–Crippen MR) is 93.0 cm³/mol. The molecule has 2 aromatic heterocycles. The summed E-state index contributed by atoms with van der Waals surface area (Å²) in [4.78, 5) is 14.5. The van der Waals surface area contributed by atoms with Crippen LogP contribution in [0.3, 0.4) is 0 Å². The molecule has 1 aliphatic carbocycles. The Morgan fingerprint density at radius 3 is 2.92 bits per heavy atom. The summed E-state index contributed by atoms with van der Waals surface area (Å²) in [7, 11) is 0. The van der Waals surface area contributed by atoms with Crippen molar-refractivity contribution in [3.63, 3.8) is 0 Å². The molecule has 5 nitrogen and oxygen atoms in total. The first-order valence-electron chi connectivity index (χ1n) is 8.38. The molecule has 2 aliphatic rings. The van der Waals surface area contributed by atoms with Crippen molar-refractivity contribution < 1.29 is 13.6 Å². The Bertz CT molecular complexity index is 1020. The summed E-state index contributed by atoms with van der Waals surface area (Å²) in [6, 6.07) is 5.67. The lowest BCUT2D eigenvalue weighted by Gasteiger charge is -2.29. The fraction of sp³-hybridized carbons (Fsp3) is 0.316. The summed E-state index contributed by atoms with van der Waals surface area (Å²) < 4.78 is 17.0. The van der Waals surface area contributed by atoms with Crippen LogP contribution < -0.4 is 10.4 Å². The molecular formula is C19H16ClNO4. The molecule has 1 aromatic carbocycles. The number of nitrogens with zero attached hydrogens (tertiary/aromatic N) is 1. The van der Waals surface area contributed by atoms with Crippen LogP contribution in [0.1, 0.15) is 28.9 Å². The Morgan fingerprint density at radius 1 is 1.20 bits per heavy atom. The quantitative estimate of drug-likeness (QED) is 0.651. The van der Waals surface area contributed by atoms with Gasteiger partial charge in [-0.05, 0) is 43.0 Å². The first-order chi connectivity index (χ1) is 12.2. The summed E-state index contributed by atoms with van der Waals surface area (Å²) in [6.45, 7) is 1.62. The third-order valence-electron chi connectivity index (χ3n) is 5.00. The van der Waals surface area contributed by atoms with E-state index in [0.717, 1.165) is 47.1 Å². The zero-order chi connectivity index (χ0) is 17.0. The van der Waals surface area contributed by atoms with Crippen molar-refractivity contribution in [3.8, 4) is 5.75 Å². The van der Waals surface area contributed by atoms with E-state index in [1.165, 1.54) is 0 Å². The standard InChI is InChI=1S/C19H16ClNO4/c20-16-7-14-12-4-1-5-13(12)19(22)25-17(14)15-9-21(10-24-18(15)16)8-11-3-2-6-23-11/h2-3,6-7H,1,4-5,8-10H2. The molecule has 5 rings (SSSR count). The molecule has 0 saturated carbocycles. The fourth-order valence-corrected chi connectivity index (χ4v) is 4.16. The molecule has 0 radical (unpaired) electrons. The van der Waals surface area contributed by atoms with Crippen LogP contribution in [0.25, 0.3) is 11.0 Å².